The van der Waals surface area contributed by atoms with Crippen LogP contribution in [0.15, 0.2) is 36.4 Å². The minimum absolute atomic E-state index is 0.249. The molecule has 7 heteroatoms. The Morgan fingerprint density at radius 1 is 1.14 bits per heavy atom. The highest BCUT2D eigenvalue weighted by molar-refractivity contribution is 6.33. The molecule has 0 saturated carbocycles. The first-order valence-electron chi connectivity index (χ1n) is 9.63. The fourth-order valence-electron chi connectivity index (χ4n) is 4.12. The van der Waals surface area contributed by atoms with Gasteiger partial charge in [0.2, 0.25) is 0 Å². The molecule has 2 heterocycles. The number of piperidine rings is 1. The lowest BCUT2D eigenvalue weighted by atomic mass is 9.92. The van der Waals surface area contributed by atoms with Gasteiger partial charge in [0.1, 0.15) is 5.60 Å². The van der Waals surface area contributed by atoms with Crippen molar-refractivity contribution < 1.29 is 14.6 Å². The van der Waals surface area contributed by atoms with Crippen LogP contribution in [0, 0.1) is 5.92 Å². The molecule has 29 heavy (non-hydrogen) atoms. The molecular weight excluding hydrogens is 411 g/mol. The number of aromatic nitrogens is 1. The first kappa shape index (κ1) is 20.5. The Morgan fingerprint density at radius 3 is 2.21 bits per heavy atom. The molecule has 2 unspecified atom stereocenters. The van der Waals surface area contributed by atoms with Crippen molar-refractivity contribution in [1.82, 2.24) is 9.88 Å². The summed E-state index contributed by atoms with van der Waals surface area (Å²) in [6, 6.07) is 11.1. The Balaban J connectivity index is 1.83. The molecule has 1 saturated heterocycles. The maximum absolute atomic E-state index is 12.7. The van der Waals surface area contributed by atoms with Gasteiger partial charge in [-0.2, -0.15) is 0 Å². The molecule has 5 nitrogen and oxygen atoms in total. The fourth-order valence-corrected chi connectivity index (χ4v) is 4.47. The number of nitrogens with one attached hydrogen (secondary N) is 1. The molecule has 2 aromatic carbocycles. The van der Waals surface area contributed by atoms with Crippen LogP contribution in [0.1, 0.15) is 27.2 Å². The zero-order valence-corrected chi connectivity index (χ0v) is 18.1. The van der Waals surface area contributed by atoms with Crippen LogP contribution in [0.2, 0.25) is 10.0 Å². The van der Waals surface area contributed by atoms with E-state index >= 15 is 0 Å². The van der Waals surface area contributed by atoms with Gasteiger partial charge < -0.3 is 19.7 Å². The summed E-state index contributed by atoms with van der Waals surface area (Å²) in [6.45, 7) is 6.30. The normalized spacial score (nSPS) is 22.9. The van der Waals surface area contributed by atoms with E-state index in [2.05, 4.69) is 5.32 Å². The summed E-state index contributed by atoms with van der Waals surface area (Å²) in [7, 11) is 0. The lowest BCUT2D eigenvalue weighted by Gasteiger charge is -2.39. The number of hydrogen-bond acceptors (Lipinski definition) is 4. The fraction of sp³-hybridized carbons (Fsp3) is 0.409. The van der Waals surface area contributed by atoms with Gasteiger partial charge in [0.15, 0.2) is 5.72 Å². The molecule has 0 aliphatic carbocycles. The zero-order chi connectivity index (χ0) is 21.0. The maximum Gasteiger partial charge on any atom is 0.310 e. The Hall–Kier alpha value is -1.79. The molecule has 1 aliphatic rings. The summed E-state index contributed by atoms with van der Waals surface area (Å²) in [5, 5.41) is 17.9. The van der Waals surface area contributed by atoms with E-state index in [-0.39, 0.29) is 12.4 Å². The van der Waals surface area contributed by atoms with Gasteiger partial charge in [-0.05, 0) is 57.2 Å². The van der Waals surface area contributed by atoms with Crippen molar-refractivity contribution in [3.63, 3.8) is 0 Å². The monoisotopic (exact) mass is 434 g/mol. The highest BCUT2D eigenvalue weighted by atomic mass is 35.5. The van der Waals surface area contributed by atoms with Crippen LogP contribution in [-0.4, -0.2) is 34.3 Å². The van der Waals surface area contributed by atoms with Crippen LogP contribution < -0.4 is 5.32 Å². The average molecular weight is 435 g/mol. The number of hydrogen-bond donors (Lipinski definition) is 2. The number of ether oxygens (including phenoxy) is 1. The number of fused-ring (bicyclic) bond motifs is 3. The van der Waals surface area contributed by atoms with Crippen molar-refractivity contribution in [2.75, 3.05) is 13.1 Å². The second kappa shape index (κ2) is 7.17. The smallest absolute Gasteiger partial charge is 0.310 e. The van der Waals surface area contributed by atoms with E-state index < -0.39 is 17.2 Å². The van der Waals surface area contributed by atoms with E-state index in [0.717, 1.165) is 21.8 Å². The molecule has 0 amide bonds. The van der Waals surface area contributed by atoms with E-state index in [1.165, 1.54) is 0 Å². The van der Waals surface area contributed by atoms with Gasteiger partial charge in [-0.15, -0.1) is 0 Å². The van der Waals surface area contributed by atoms with Crippen molar-refractivity contribution >= 4 is 51.0 Å². The molecule has 0 spiro atoms. The van der Waals surface area contributed by atoms with Gasteiger partial charge in [0.25, 0.3) is 0 Å². The highest BCUT2D eigenvalue weighted by Gasteiger charge is 2.41. The number of halogens is 2. The van der Waals surface area contributed by atoms with Crippen LogP contribution in [0.4, 0.5) is 0 Å². The third-order valence-corrected chi connectivity index (χ3v) is 5.69. The van der Waals surface area contributed by atoms with Crippen molar-refractivity contribution in [3.05, 3.63) is 46.4 Å². The van der Waals surface area contributed by atoms with Crippen LogP contribution in [0.3, 0.4) is 0 Å². The lowest BCUT2D eigenvalue weighted by Crippen LogP contribution is -2.53. The molecule has 3 aromatic rings. The quantitative estimate of drug-likeness (QED) is 0.573. The summed E-state index contributed by atoms with van der Waals surface area (Å²) in [5.74, 6) is -0.768. The first-order valence-corrected chi connectivity index (χ1v) is 10.4. The van der Waals surface area contributed by atoms with Crippen LogP contribution in [0.25, 0.3) is 21.8 Å². The molecule has 1 aromatic heterocycles. The largest absolute Gasteiger partial charge is 0.460 e. The van der Waals surface area contributed by atoms with E-state index in [9.17, 15) is 9.90 Å². The number of nitrogens with zero attached hydrogens (tertiary/aromatic N) is 1. The minimum atomic E-state index is -1.30. The molecule has 0 radical (unpaired) electrons. The number of carbonyl (C=O) groups excluding carboxylic acids is 1. The maximum atomic E-state index is 12.7. The summed E-state index contributed by atoms with van der Waals surface area (Å²) >= 11 is 12.5. The zero-order valence-electron chi connectivity index (χ0n) is 16.6. The van der Waals surface area contributed by atoms with E-state index in [0.29, 0.717) is 23.1 Å². The van der Waals surface area contributed by atoms with Crippen LogP contribution >= 0.6 is 23.2 Å². The number of rotatable bonds is 2. The standard InChI is InChI=1S/C22H24Cl2N2O3/c1-21(2,3)29-20(27)13-10-22(28,12-25-11-13)26-18-6-4-14(23)8-16(18)17-9-15(24)5-7-19(17)26/h4-9,13,25,28H,10-12H2,1-3H3. The predicted molar refractivity (Wildman–Crippen MR) is 116 cm³/mol. The van der Waals surface area contributed by atoms with Gasteiger partial charge in [0, 0.05) is 40.3 Å². The van der Waals surface area contributed by atoms with Crippen molar-refractivity contribution in [2.45, 2.75) is 38.5 Å². The number of benzene rings is 2. The first-order chi connectivity index (χ1) is 13.6. The van der Waals surface area contributed by atoms with Gasteiger partial charge >= 0.3 is 5.97 Å². The number of aliphatic hydroxyl groups is 1. The molecule has 2 atom stereocenters. The summed E-state index contributed by atoms with van der Waals surface area (Å²) < 4.78 is 7.44. The number of β-amino-alcohol motifs (C(OH)–C–C–N with tert-alkyl or cyclic N) is 1. The molecule has 4 rings (SSSR count). The highest BCUT2D eigenvalue weighted by Crippen LogP contribution is 2.39. The SMILES string of the molecule is CC(C)(C)OC(=O)C1CNCC(O)(n2c3ccc(Cl)cc3c3cc(Cl)ccc32)C1. The third kappa shape index (κ3) is 3.84. The lowest BCUT2D eigenvalue weighted by molar-refractivity contribution is -0.166. The summed E-state index contributed by atoms with van der Waals surface area (Å²) in [4.78, 5) is 12.7. The molecular formula is C22H24Cl2N2O3. The Morgan fingerprint density at radius 2 is 1.69 bits per heavy atom. The average Bonchev–Trinajstić information content (AvgIpc) is 2.94. The Kier molecular flexibility index (Phi) is 5.06. The predicted octanol–water partition coefficient (Wildman–Crippen LogP) is 4.70. The number of esters is 1. The Labute approximate surface area is 179 Å². The summed E-state index contributed by atoms with van der Waals surface area (Å²) in [5.41, 5.74) is -0.212. The molecule has 2 N–H and O–H groups in total. The topological polar surface area (TPSA) is 63.5 Å². The second-order valence-corrected chi connectivity index (χ2v) is 9.58. The van der Waals surface area contributed by atoms with Crippen molar-refractivity contribution in [2.24, 2.45) is 5.92 Å². The molecule has 154 valence electrons. The van der Waals surface area contributed by atoms with E-state index in [1.807, 2.05) is 49.6 Å². The van der Waals surface area contributed by atoms with Crippen molar-refractivity contribution in [1.29, 1.82) is 0 Å². The van der Waals surface area contributed by atoms with Crippen molar-refractivity contribution in [3.8, 4) is 0 Å². The van der Waals surface area contributed by atoms with E-state index in [1.54, 1.807) is 12.1 Å². The van der Waals surface area contributed by atoms with Crippen LogP contribution in [0.5, 0.6) is 0 Å². The third-order valence-electron chi connectivity index (χ3n) is 5.22. The molecule has 1 aliphatic heterocycles. The van der Waals surface area contributed by atoms with Gasteiger partial charge in [-0.1, -0.05) is 23.2 Å². The van der Waals surface area contributed by atoms with Gasteiger partial charge in [0.05, 0.1) is 17.0 Å². The second-order valence-electron chi connectivity index (χ2n) is 8.71. The van der Waals surface area contributed by atoms with Gasteiger partial charge in [-0.3, -0.25) is 4.79 Å². The molecule has 0 bridgehead atoms. The van der Waals surface area contributed by atoms with E-state index in [4.69, 9.17) is 27.9 Å². The summed E-state index contributed by atoms with van der Waals surface area (Å²) in [6.07, 6.45) is 0.249. The minimum Gasteiger partial charge on any atom is -0.460 e. The number of carbonyl (C=O) groups is 1. The van der Waals surface area contributed by atoms with Gasteiger partial charge in [-0.25, -0.2) is 0 Å². The molecule has 1 fully saturated rings. The Bertz CT molecular complexity index is 1040. The van der Waals surface area contributed by atoms with Crippen LogP contribution in [-0.2, 0) is 15.3 Å².